The molecule has 168 valence electrons. The summed E-state index contributed by atoms with van der Waals surface area (Å²) in [5, 5.41) is 3.47. The van der Waals surface area contributed by atoms with Crippen LogP contribution in [0.25, 0.3) is 27.7 Å². The Morgan fingerprint density at radius 2 is 1.85 bits per heavy atom. The third-order valence-corrected chi connectivity index (χ3v) is 5.38. The fourth-order valence-electron chi connectivity index (χ4n) is 3.81. The molecule has 4 rings (SSSR count). The molecule has 6 heteroatoms. The van der Waals surface area contributed by atoms with Gasteiger partial charge in [0.05, 0.1) is 12.9 Å². The van der Waals surface area contributed by atoms with Crippen molar-refractivity contribution in [2.24, 2.45) is 0 Å². The van der Waals surface area contributed by atoms with Gasteiger partial charge < -0.3 is 14.5 Å². The normalized spacial score (nSPS) is 11.6. The summed E-state index contributed by atoms with van der Waals surface area (Å²) in [6.45, 7) is 6.06. The average molecular weight is 447 g/mol. The monoisotopic (exact) mass is 447 g/mol. The molecule has 4 nitrogen and oxygen atoms in total. The Morgan fingerprint density at radius 3 is 2.55 bits per heavy atom. The molecule has 0 spiro atoms. The number of carbonyl (C=O) groups excluding carboxylic acids is 1. The van der Waals surface area contributed by atoms with Crippen LogP contribution < -0.4 is 10.1 Å². The molecule has 0 saturated heterocycles. The molecule has 0 aliphatic heterocycles. The van der Waals surface area contributed by atoms with E-state index in [0.29, 0.717) is 17.9 Å². The Morgan fingerprint density at radius 1 is 1.09 bits per heavy atom. The van der Waals surface area contributed by atoms with Gasteiger partial charge in [-0.1, -0.05) is 30.3 Å². The number of aryl methyl sites for hydroxylation is 1. The van der Waals surface area contributed by atoms with Gasteiger partial charge in [-0.2, -0.15) is 0 Å². The predicted octanol–water partition coefficient (Wildman–Crippen LogP) is 7.13. The summed E-state index contributed by atoms with van der Waals surface area (Å²) in [5.41, 5.74) is 5.09. The Hall–Kier alpha value is -3.93. The van der Waals surface area contributed by atoms with E-state index in [1.165, 1.54) is 12.1 Å². The summed E-state index contributed by atoms with van der Waals surface area (Å²) < 4.78 is 38.4. The van der Waals surface area contributed by atoms with E-state index in [2.05, 4.69) is 5.32 Å². The highest BCUT2D eigenvalue weighted by atomic mass is 19.2. The third-order valence-electron chi connectivity index (χ3n) is 5.38. The molecule has 1 N–H and O–H groups in total. The largest absolute Gasteiger partial charge is 0.493 e. The second-order valence-corrected chi connectivity index (χ2v) is 7.65. The van der Waals surface area contributed by atoms with E-state index in [1.807, 2.05) is 50.2 Å². The summed E-state index contributed by atoms with van der Waals surface area (Å²) in [6.07, 6.45) is 3.13. The lowest BCUT2D eigenvalue weighted by atomic mass is 9.96. The number of hydrogen-bond donors (Lipinski definition) is 1. The summed E-state index contributed by atoms with van der Waals surface area (Å²) in [5.74, 6) is -1.83. The number of carbonyl (C=O) groups is 1. The highest BCUT2D eigenvalue weighted by molar-refractivity contribution is 6.06. The number of amides is 1. The van der Waals surface area contributed by atoms with E-state index in [1.54, 1.807) is 13.2 Å². The van der Waals surface area contributed by atoms with Gasteiger partial charge in [0.2, 0.25) is 5.91 Å². The predicted molar refractivity (Wildman–Crippen MR) is 126 cm³/mol. The van der Waals surface area contributed by atoms with Crippen LogP contribution in [0.15, 0.2) is 71.4 Å². The van der Waals surface area contributed by atoms with Gasteiger partial charge in [-0.3, -0.25) is 4.79 Å². The van der Waals surface area contributed by atoms with Crippen molar-refractivity contribution in [3.8, 4) is 16.9 Å². The first kappa shape index (κ1) is 22.3. The zero-order chi connectivity index (χ0) is 23.5. The van der Waals surface area contributed by atoms with E-state index in [9.17, 15) is 13.6 Å². The summed E-state index contributed by atoms with van der Waals surface area (Å²) in [7, 11) is 0. The Labute approximate surface area is 190 Å². The standard InChI is InChI=1S/C27H23F2NO3/c1-4-32-26-17(3)27-21(22(15-33-27)18-8-6-5-7-9-18)14-20(26)16(2)12-25(31)30-19-10-11-23(28)24(29)13-19/h5-15H,4H2,1-3H3,(H,30,31)/b16-12+. The number of hydrogen-bond acceptors (Lipinski definition) is 3. The molecule has 0 unspecified atom stereocenters. The van der Waals surface area contributed by atoms with Gasteiger partial charge in [0.25, 0.3) is 0 Å². The molecule has 0 radical (unpaired) electrons. The third kappa shape index (κ3) is 4.51. The van der Waals surface area contributed by atoms with E-state index >= 15 is 0 Å². The molecule has 3 aromatic carbocycles. The maximum atomic E-state index is 13.5. The molecular weight excluding hydrogens is 424 g/mol. The second kappa shape index (κ2) is 9.28. The number of benzene rings is 3. The highest BCUT2D eigenvalue weighted by Gasteiger charge is 2.19. The average Bonchev–Trinajstić information content (AvgIpc) is 3.23. The molecule has 0 aliphatic rings. The smallest absolute Gasteiger partial charge is 0.248 e. The molecule has 0 saturated carbocycles. The molecule has 0 aliphatic carbocycles. The molecule has 4 aromatic rings. The van der Waals surface area contributed by atoms with Crippen molar-refractivity contribution in [3.05, 3.63) is 89.7 Å². The van der Waals surface area contributed by atoms with Crippen LogP contribution in [0.4, 0.5) is 14.5 Å². The topological polar surface area (TPSA) is 51.5 Å². The van der Waals surface area contributed by atoms with Crippen molar-refractivity contribution in [2.45, 2.75) is 20.8 Å². The van der Waals surface area contributed by atoms with Crippen LogP contribution in [0.1, 0.15) is 25.0 Å². The highest BCUT2D eigenvalue weighted by Crippen LogP contribution is 2.40. The van der Waals surface area contributed by atoms with Gasteiger partial charge in [0.15, 0.2) is 11.6 Å². The van der Waals surface area contributed by atoms with Crippen molar-refractivity contribution in [1.82, 2.24) is 0 Å². The van der Waals surface area contributed by atoms with E-state index in [4.69, 9.17) is 9.15 Å². The fraction of sp³-hybridized carbons (Fsp3) is 0.148. The minimum absolute atomic E-state index is 0.167. The first-order valence-corrected chi connectivity index (χ1v) is 10.6. The summed E-state index contributed by atoms with van der Waals surface area (Å²) in [6, 6.07) is 15.1. The van der Waals surface area contributed by atoms with Crippen LogP contribution in [0.2, 0.25) is 0 Å². The van der Waals surface area contributed by atoms with Crippen LogP contribution in [-0.4, -0.2) is 12.5 Å². The van der Waals surface area contributed by atoms with Crippen molar-refractivity contribution in [1.29, 1.82) is 0 Å². The molecule has 0 bridgehead atoms. The number of anilines is 1. The Balaban J connectivity index is 1.76. The van der Waals surface area contributed by atoms with Gasteiger partial charge >= 0.3 is 0 Å². The van der Waals surface area contributed by atoms with Crippen molar-refractivity contribution < 1.29 is 22.7 Å². The van der Waals surface area contributed by atoms with E-state index < -0.39 is 17.5 Å². The van der Waals surface area contributed by atoms with Crippen LogP contribution in [0.5, 0.6) is 5.75 Å². The number of fused-ring (bicyclic) bond motifs is 1. The molecule has 1 aromatic heterocycles. The minimum atomic E-state index is -1.03. The molecular formula is C27H23F2NO3. The van der Waals surface area contributed by atoms with Gasteiger partial charge in [0.1, 0.15) is 11.3 Å². The zero-order valence-electron chi connectivity index (χ0n) is 18.5. The molecule has 0 fully saturated rings. The summed E-state index contributed by atoms with van der Waals surface area (Å²) in [4.78, 5) is 12.6. The lowest BCUT2D eigenvalue weighted by Gasteiger charge is -2.15. The Bertz CT molecular complexity index is 1360. The number of ether oxygens (including phenoxy) is 1. The minimum Gasteiger partial charge on any atom is -0.493 e. The maximum Gasteiger partial charge on any atom is 0.248 e. The van der Waals surface area contributed by atoms with Crippen LogP contribution in [0.3, 0.4) is 0 Å². The van der Waals surface area contributed by atoms with Crippen LogP contribution in [0, 0.1) is 18.6 Å². The SMILES string of the molecule is CCOc1c(/C(C)=C/C(=O)Nc2ccc(F)c(F)c2)cc2c(-c3ccccc3)coc2c1C. The number of rotatable bonds is 6. The number of halogens is 2. The second-order valence-electron chi connectivity index (χ2n) is 7.65. The van der Waals surface area contributed by atoms with Gasteiger partial charge in [0, 0.05) is 39.9 Å². The number of allylic oxidation sites excluding steroid dienone is 1. The molecule has 1 heterocycles. The van der Waals surface area contributed by atoms with Gasteiger partial charge in [-0.15, -0.1) is 0 Å². The maximum absolute atomic E-state index is 13.5. The van der Waals surface area contributed by atoms with Crippen molar-refractivity contribution in [2.75, 3.05) is 11.9 Å². The van der Waals surface area contributed by atoms with Crippen molar-refractivity contribution in [3.63, 3.8) is 0 Å². The van der Waals surface area contributed by atoms with Gasteiger partial charge in [-0.25, -0.2) is 8.78 Å². The van der Waals surface area contributed by atoms with E-state index in [-0.39, 0.29) is 5.69 Å². The molecule has 0 atom stereocenters. The number of nitrogens with one attached hydrogen (secondary N) is 1. The van der Waals surface area contributed by atoms with E-state index in [0.717, 1.165) is 45.4 Å². The zero-order valence-corrected chi connectivity index (χ0v) is 18.5. The van der Waals surface area contributed by atoms with Crippen LogP contribution >= 0.6 is 0 Å². The number of furan rings is 1. The summed E-state index contributed by atoms with van der Waals surface area (Å²) >= 11 is 0. The molecule has 33 heavy (non-hydrogen) atoms. The first-order valence-electron chi connectivity index (χ1n) is 10.6. The van der Waals surface area contributed by atoms with Gasteiger partial charge in [-0.05, 0) is 50.1 Å². The lowest BCUT2D eigenvalue weighted by Crippen LogP contribution is -2.09. The van der Waals surface area contributed by atoms with Crippen molar-refractivity contribution >= 4 is 28.1 Å². The lowest BCUT2D eigenvalue weighted by molar-refractivity contribution is -0.111. The first-order chi connectivity index (χ1) is 15.9. The fourth-order valence-corrected chi connectivity index (χ4v) is 3.81. The Kier molecular flexibility index (Phi) is 6.27. The quantitative estimate of drug-likeness (QED) is 0.320. The molecule has 1 amide bonds. The van der Waals surface area contributed by atoms with Crippen LogP contribution in [-0.2, 0) is 4.79 Å².